The second-order valence-electron chi connectivity index (χ2n) is 6.55. The maximum Gasteiger partial charge on any atom is 0.316 e. The van der Waals surface area contributed by atoms with Gasteiger partial charge in [0.25, 0.3) is 0 Å². The van der Waals surface area contributed by atoms with E-state index in [1.165, 1.54) is 18.2 Å². The van der Waals surface area contributed by atoms with Crippen LogP contribution in [0.2, 0.25) is 0 Å². The van der Waals surface area contributed by atoms with Crippen LogP contribution in [0.5, 0.6) is 5.75 Å². The highest BCUT2D eigenvalue weighted by Gasteiger charge is 2.15. The van der Waals surface area contributed by atoms with E-state index in [2.05, 4.69) is 21.7 Å². The van der Waals surface area contributed by atoms with Crippen molar-refractivity contribution in [3.63, 3.8) is 0 Å². The van der Waals surface area contributed by atoms with Crippen molar-refractivity contribution in [3.8, 4) is 5.75 Å². The van der Waals surface area contributed by atoms with Crippen molar-refractivity contribution in [1.29, 1.82) is 0 Å². The maximum atomic E-state index is 12.3. The van der Waals surface area contributed by atoms with Crippen LogP contribution in [0.1, 0.15) is 16.7 Å². The van der Waals surface area contributed by atoms with Crippen molar-refractivity contribution in [1.82, 2.24) is 14.9 Å². The smallest absolute Gasteiger partial charge is 0.316 e. The summed E-state index contributed by atoms with van der Waals surface area (Å²) in [5.74, 6) is 0.743. The number of anilines is 2. The molecule has 1 aliphatic rings. The number of hydrogen-bond donors (Lipinski definition) is 2. The van der Waals surface area contributed by atoms with E-state index in [1.807, 2.05) is 47.0 Å². The minimum absolute atomic E-state index is 0.232. The van der Waals surface area contributed by atoms with Gasteiger partial charge in [-0.05, 0) is 35.7 Å². The molecule has 0 unspecified atom stereocenters. The molecule has 0 saturated carbocycles. The van der Waals surface area contributed by atoms with Gasteiger partial charge in [-0.15, -0.1) is 0 Å². The van der Waals surface area contributed by atoms with Crippen LogP contribution < -0.4 is 20.9 Å². The summed E-state index contributed by atoms with van der Waals surface area (Å²) in [4.78, 5) is 16.5. The molecule has 2 heterocycles. The number of nitrogens with zero attached hydrogens (tertiary/aromatic N) is 2. The Bertz CT molecular complexity index is 999. The molecule has 1 aromatic heterocycles. The zero-order valence-electron chi connectivity index (χ0n) is 15.2. The van der Waals surface area contributed by atoms with Crippen LogP contribution in [-0.4, -0.2) is 23.2 Å². The summed E-state index contributed by atoms with van der Waals surface area (Å²) in [6.07, 6.45) is 2.65. The molecule has 27 heavy (non-hydrogen) atoms. The first kappa shape index (κ1) is 17.3. The standard InChI is InChI=1S/C21H22N4O2/c1-27-19-14-25(13-15-6-3-2-4-7-15)21(24-20(19)26)23-18-9-5-8-16-12-22-11-10-17(16)18/h2-9,14,22H,10-13H2,1H3,(H,23,24,26). The number of nitrogens with one attached hydrogen (secondary N) is 2. The molecule has 3 aromatic rings. The van der Waals surface area contributed by atoms with E-state index in [4.69, 9.17) is 4.74 Å². The molecule has 0 spiro atoms. The third-order valence-corrected chi connectivity index (χ3v) is 4.77. The topological polar surface area (TPSA) is 68.2 Å². The molecule has 0 radical (unpaired) electrons. The SMILES string of the molecule is COc1cn(Cc2ccccc2)c(Nc2cccc3c2CCNC3)nc1=O. The molecular formula is C21H22N4O2. The highest BCUT2D eigenvalue weighted by molar-refractivity contribution is 5.62. The average Bonchev–Trinajstić information content (AvgIpc) is 2.71. The van der Waals surface area contributed by atoms with E-state index < -0.39 is 0 Å². The molecule has 0 aliphatic carbocycles. The fourth-order valence-electron chi connectivity index (χ4n) is 3.38. The summed E-state index contributed by atoms with van der Waals surface area (Å²) in [7, 11) is 1.49. The van der Waals surface area contributed by atoms with Crippen molar-refractivity contribution in [2.45, 2.75) is 19.5 Å². The van der Waals surface area contributed by atoms with E-state index in [9.17, 15) is 4.79 Å². The lowest BCUT2D eigenvalue weighted by atomic mass is 9.99. The van der Waals surface area contributed by atoms with Crippen LogP contribution >= 0.6 is 0 Å². The summed E-state index contributed by atoms with van der Waals surface area (Å²) in [6, 6.07) is 16.3. The van der Waals surface area contributed by atoms with Crippen molar-refractivity contribution in [2.75, 3.05) is 19.0 Å². The largest absolute Gasteiger partial charge is 0.490 e. The normalized spacial score (nSPS) is 13.1. The molecule has 2 aromatic carbocycles. The first-order valence-corrected chi connectivity index (χ1v) is 9.02. The lowest BCUT2D eigenvalue weighted by Gasteiger charge is -2.22. The van der Waals surface area contributed by atoms with Gasteiger partial charge in [-0.2, -0.15) is 4.98 Å². The van der Waals surface area contributed by atoms with E-state index in [0.717, 1.165) is 30.8 Å². The van der Waals surface area contributed by atoms with Crippen LogP contribution in [0.25, 0.3) is 0 Å². The van der Waals surface area contributed by atoms with Gasteiger partial charge in [0.05, 0.1) is 19.9 Å². The van der Waals surface area contributed by atoms with Crippen molar-refractivity contribution in [3.05, 3.63) is 81.8 Å². The molecule has 2 N–H and O–H groups in total. The molecule has 138 valence electrons. The monoisotopic (exact) mass is 362 g/mol. The number of hydrogen-bond acceptors (Lipinski definition) is 5. The van der Waals surface area contributed by atoms with Crippen LogP contribution in [0.3, 0.4) is 0 Å². The van der Waals surface area contributed by atoms with E-state index >= 15 is 0 Å². The summed E-state index contributed by atoms with van der Waals surface area (Å²) >= 11 is 0. The number of benzene rings is 2. The number of aromatic nitrogens is 2. The Hall–Kier alpha value is -3.12. The Labute approximate surface area is 157 Å². The predicted octanol–water partition coefficient (Wildman–Crippen LogP) is 2.69. The molecule has 6 nitrogen and oxygen atoms in total. The third kappa shape index (κ3) is 3.71. The van der Waals surface area contributed by atoms with Crippen LogP contribution in [-0.2, 0) is 19.5 Å². The zero-order chi connectivity index (χ0) is 18.6. The first-order valence-electron chi connectivity index (χ1n) is 9.02. The summed E-state index contributed by atoms with van der Waals surface area (Å²) in [6.45, 7) is 2.39. The molecule has 6 heteroatoms. The van der Waals surface area contributed by atoms with Gasteiger partial charge in [0.2, 0.25) is 11.7 Å². The highest BCUT2D eigenvalue weighted by Crippen LogP contribution is 2.26. The van der Waals surface area contributed by atoms with E-state index in [1.54, 1.807) is 6.20 Å². The van der Waals surface area contributed by atoms with Gasteiger partial charge in [0, 0.05) is 12.2 Å². The summed E-state index contributed by atoms with van der Waals surface area (Å²) in [5.41, 5.74) is 4.28. The lowest BCUT2D eigenvalue weighted by molar-refractivity contribution is 0.402. The number of ether oxygens (including phenoxy) is 1. The number of methoxy groups -OCH3 is 1. The van der Waals surface area contributed by atoms with Crippen LogP contribution in [0.15, 0.2) is 59.5 Å². The van der Waals surface area contributed by atoms with Crippen molar-refractivity contribution < 1.29 is 4.74 Å². The highest BCUT2D eigenvalue weighted by atomic mass is 16.5. The second-order valence-corrected chi connectivity index (χ2v) is 6.55. The first-order chi connectivity index (χ1) is 13.2. The quantitative estimate of drug-likeness (QED) is 0.730. The minimum Gasteiger partial charge on any atom is -0.490 e. The Morgan fingerprint density at radius 2 is 2.04 bits per heavy atom. The van der Waals surface area contributed by atoms with E-state index in [-0.39, 0.29) is 11.3 Å². The van der Waals surface area contributed by atoms with E-state index in [0.29, 0.717) is 12.5 Å². The molecule has 1 aliphatic heterocycles. The third-order valence-electron chi connectivity index (χ3n) is 4.77. The van der Waals surface area contributed by atoms with Crippen molar-refractivity contribution >= 4 is 11.6 Å². The fourth-order valence-corrected chi connectivity index (χ4v) is 3.38. The van der Waals surface area contributed by atoms with Gasteiger partial charge in [-0.3, -0.25) is 4.79 Å². The van der Waals surface area contributed by atoms with Gasteiger partial charge in [-0.1, -0.05) is 42.5 Å². The number of rotatable bonds is 5. The average molecular weight is 362 g/mol. The Morgan fingerprint density at radius 1 is 1.19 bits per heavy atom. The molecule has 0 amide bonds. The van der Waals surface area contributed by atoms with Crippen LogP contribution in [0.4, 0.5) is 11.6 Å². The Balaban J connectivity index is 1.74. The van der Waals surface area contributed by atoms with Gasteiger partial charge in [-0.25, -0.2) is 0 Å². The Kier molecular flexibility index (Phi) is 4.89. The van der Waals surface area contributed by atoms with Gasteiger partial charge in [0.1, 0.15) is 0 Å². The predicted molar refractivity (Wildman–Crippen MR) is 106 cm³/mol. The maximum absolute atomic E-state index is 12.3. The second kappa shape index (κ2) is 7.63. The van der Waals surface area contributed by atoms with Crippen molar-refractivity contribution in [2.24, 2.45) is 0 Å². The molecule has 0 fully saturated rings. The molecule has 4 rings (SSSR count). The molecular weight excluding hydrogens is 340 g/mol. The lowest BCUT2D eigenvalue weighted by Crippen LogP contribution is -2.25. The molecule has 0 saturated heterocycles. The van der Waals surface area contributed by atoms with Gasteiger partial charge in [0.15, 0.2) is 0 Å². The van der Waals surface area contributed by atoms with Gasteiger partial charge >= 0.3 is 5.56 Å². The molecule has 0 bridgehead atoms. The summed E-state index contributed by atoms with van der Waals surface area (Å²) < 4.78 is 7.10. The Morgan fingerprint density at radius 3 is 2.85 bits per heavy atom. The summed E-state index contributed by atoms with van der Waals surface area (Å²) in [5, 5.41) is 6.77. The van der Waals surface area contributed by atoms with Gasteiger partial charge < -0.3 is 19.9 Å². The van der Waals surface area contributed by atoms with Crippen LogP contribution in [0, 0.1) is 0 Å². The number of fused-ring (bicyclic) bond motifs is 1. The molecule has 0 atom stereocenters. The fraction of sp³-hybridized carbons (Fsp3) is 0.238. The zero-order valence-corrected chi connectivity index (χ0v) is 15.2. The minimum atomic E-state index is -0.379.